The number of benzene rings is 1. The summed E-state index contributed by atoms with van der Waals surface area (Å²) in [7, 11) is 0. The van der Waals surface area contributed by atoms with E-state index in [4.69, 9.17) is 12.2 Å². The second kappa shape index (κ2) is 8.41. The molecule has 0 radical (unpaired) electrons. The molecule has 1 aliphatic carbocycles. The molecule has 0 amide bonds. The number of imidazole rings is 1. The average Bonchev–Trinajstić information content (AvgIpc) is 3.29. The molecule has 30 heavy (non-hydrogen) atoms. The molecule has 0 bridgehead atoms. The molecule has 0 unspecified atom stereocenters. The Kier molecular flexibility index (Phi) is 5.69. The largest absolute Gasteiger partial charge is 0.382 e. The standard InChI is InChI=1S/C23H27FN6/c1-4-15-11-16-7-5-8-17(16)12-18(15)13-19-27-20-21(25)28-23(24)29-22(20)30(19)10-6-9-26-14(2)3/h1,11-12,14,26H,5-10,13H2,2-3H3,(H2,25,28,29). The first-order valence-electron chi connectivity index (χ1n) is 10.5. The lowest BCUT2D eigenvalue weighted by Gasteiger charge is -2.13. The van der Waals surface area contributed by atoms with Crippen LogP contribution in [0.4, 0.5) is 10.2 Å². The maximum atomic E-state index is 13.9. The summed E-state index contributed by atoms with van der Waals surface area (Å²) in [5.41, 5.74) is 11.5. The number of nitrogens with two attached hydrogens (primary N) is 1. The van der Waals surface area contributed by atoms with Crippen LogP contribution in [0.5, 0.6) is 0 Å². The molecule has 0 saturated carbocycles. The maximum Gasteiger partial charge on any atom is 0.312 e. The number of nitrogens with zero attached hydrogens (tertiary/aromatic N) is 4. The second-order valence-electron chi connectivity index (χ2n) is 8.14. The third-order valence-electron chi connectivity index (χ3n) is 5.61. The van der Waals surface area contributed by atoms with Gasteiger partial charge in [0, 0.05) is 24.6 Å². The van der Waals surface area contributed by atoms with Crippen LogP contribution in [0.3, 0.4) is 0 Å². The number of nitrogens with one attached hydrogen (secondary N) is 1. The van der Waals surface area contributed by atoms with Gasteiger partial charge in [-0.1, -0.05) is 25.8 Å². The van der Waals surface area contributed by atoms with Crippen molar-refractivity contribution in [2.24, 2.45) is 0 Å². The van der Waals surface area contributed by atoms with Crippen LogP contribution in [0.2, 0.25) is 0 Å². The minimum Gasteiger partial charge on any atom is -0.382 e. The molecule has 4 rings (SSSR count). The highest BCUT2D eigenvalue weighted by atomic mass is 19.1. The van der Waals surface area contributed by atoms with Gasteiger partial charge in [0.1, 0.15) is 5.82 Å². The van der Waals surface area contributed by atoms with Gasteiger partial charge in [-0.15, -0.1) is 6.42 Å². The molecule has 2 aromatic heterocycles. The van der Waals surface area contributed by atoms with E-state index in [0.29, 0.717) is 30.2 Å². The van der Waals surface area contributed by atoms with E-state index in [9.17, 15) is 4.39 Å². The third-order valence-corrected chi connectivity index (χ3v) is 5.61. The Bertz CT molecular complexity index is 1130. The van der Waals surface area contributed by atoms with Gasteiger partial charge in [0.25, 0.3) is 0 Å². The van der Waals surface area contributed by atoms with Crippen LogP contribution < -0.4 is 11.1 Å². The van der Waals surface area contributed by atoms with Crippen LogP contribution in [0.25, 0.3) is 11.2 Å². The highest BCUT2D eigenvalue weighted by Crippen LogP contribution is 2.28. The number of hydrogen-bond donors (Lipinski definition) is 2. The van der Waals surface area contributed by atoms with Crippen molar-refractivity contribution in [3.8, 4) is 12.3 Å². The van der Waals surface area contributed by atoms with Gasteiger partial charge in [-0.3, -0.25) is 0 Å². The molecule has 0 aliphatic heterocycles. The van der Waals surface area contributed by atoms with Gasteiger partial charge in [-0.2, -0.15) is 14.4 Å². The lowest BCUT2D eigenvalue weighted by Crippen LogP contribution is -2.24. The van der Waals surface area contributed by atoms with Crippen LogP contribution in [0.1, 0.15) is 54.8 Å². The predicted molar refractivity (Wildman–Crippen MR) is 117 cm³/mol. The van der Waals surface area contributed by atoms with Gasteiger partial charge in [0.2, 0.25) is 0 Å². The molecule has 156 valence electrons. The Morgan fingerprint density at radius 2 is 2.00 bits per heavy atom. The minimum atomic E-state index is -0.838. The number of aryl methyl sites for hydroxylation is 3. The van der Waals surface area contributed by atoms with Gasteiger partial charge in [-0.05, 0) is 55.0 Å². The number of terminal acetylenes is 1. The summed E-state index contributed by atoms with van der Waals surface area (Å²) in [5.74, 6) is 3.66. The molecule has 0 fully saturated rings. The van der Waals surface area contributed by atoms with Crippen LogP contribution >= 0.6 is 0 Å². The summed E-state index contributed by atoms with van der Waals surface area (Å²) in [6.45, 7) is 5.71. The molecular weight excluding hydrogens is 379 g/mol. The van der Waals surface area contributed by atoms with Gasteiger partial charge in [0.15, 0.2) is 17.0 Å². The van der Waals surface area contributed by atoms with E-state index in [0.717, 1.165) is 49.2 Å². The molecule has 0 saturated heterocycles. The van der Waals surface area contributed by atoms with E-state index in [2.05, 4.69) is 52.2 Å². The fourth-order valence-corrected chi connectivity index (χ4v) is 4.16. The van der Waals surface area contributed by atoms with Crippen molar-refractivity contribution in [1.82, 2.24) is 24.8 Å². The van der Waals surface area contributed by atoms with Crippen molar-refractivity contribution in [1.29, 1.82) is 0 Å². The zero-order valence-corrected chi connectivity index (χ0v) is 17.5. The SMILES string of the molecule is C#Cc1cc2c(cc1Cc1nc3c(N)nc(F)nc3n1CCCNC(C)C)CCC2. The number of rotatable bonds is 7. The summed E-state index contributed by atoms with van der Waals surface area (Å²) in [6.07, 6.45) is 9.69. The van der Waals surface area contributed by atoms with Crippen LogP contribution in [0, 0.1) is 18.4 Å². The molecule has 3 aromatic rings. The van der Waals surface area contributed by atoms with E-state index < -0.39 is 6.08 Å². The Balaban J connectivity index is 1.72. The Morgan fingerprint density at radius 1 is 1.23 bits per heavy atom. The van der Waals surface area contributed by atoms with Gasteiger partial charge in [0.05, 0.1) is 0 Å². The van der Waals surface area contributed by atoms with Crippen LogP contribution in [-0.4, -0.2) is 32.1 Å². The highest BCUT2D eigenvalue weighted by Gasteiger charge is 2.20. The number of nitrogen functional groups attached to an aromatic ring is 1. The van der Waals surface area contributed by atoms with Gasteiger partial charge >= 0.3 is 6.08 Å². The lowest BCUT2D eigenvalue weighted by molar-refractivity contribution is 0.525. The zero-order valence-electron chi connectivity index (χ0n) is 17.5. The van der Waals surface area contributed by atoms with Crippen molar-refractivity contribution < 1.29 is 4.39 Å². The molecule has 0 spiro atoms. The molecule has 0 atom stereocenters. The first-order valence-corrected chi connectivity index (χ1v) is 10.5. The number of anilines is 1. The van der Waals surface area contributed by atoms with E-state index in [1.165, 1.54) is 11.1 Å². The first-order chi connectivity index (χ1) is 14.5. The quantitative estimate of drug-likeness (QED) is 0.358. The summed E-state index contributed by atoms with van der Waals surface area (Å²) >= 11 is 0. The smallest absolute Gasteiger partial charge is 0.312 e. The van der Waals surface area contributed by atoms with Crippen molar-refractivity contribution in [3.63, 3.8) is 0 Å². The molecule has 6 nitrogen and oxygen atoms in total. The zero-order chi connectivity index (χ0) is 21.3. The lowest BCUT2D eigenvalue weighted by atomic mass is 9.98. The summed E-state index contributed by atoms with van der Waals surface area (Å²) in [4.78, 5) is 12.3. The molecule has 2 heterocycles. The monoisotopic (exact) mass is 406 g/mol. The van der Waals surface area contributed by atoms with Crippen molar-refractivity contribution in [2.45, 2.75) is 58.5 Å². The fourth-order valence-electron chi connectivity index (χ4n) is 4.16. The van der Waals surface area contributed by atoms with Crippen molar-refractivity contribution in [2.75, 3.05) is 12.3 Å². The highest BCUT2D eigenvalue weighted by molar-refractivity contribution is 5.82. The van der Waals surface area contributed by atoms with Crippen molar-refractivity contribution in [3.05, 3.63) is 46.3 Å². The molecule has 1 aliphatic rings. The third kappa shape index (κ3) is 4.01. The van der Waals surface area contributed by atoms with Crippen LogP contribution in [0.15, 0.2) is 12.1 Å². The molecule has 3 N–H and O–H groups in total. The molecular formula is C23H27FN6. The molecule has 7 heteroatoms. The number of halogens is 1. The van der Waals surface area contributed by atoms with E-state index >= 15 is 0 Å². The second-order valence-corrected chi connectivity index (χ2v) is 8.14. The van der Waals surface area contributed by atoms with Crippen molar-refractivity contribution >= 4 is 17.0 Å². The Labute approximate surface area is 176 Å². The number of hydrogen-bond acceptors (Lipinski definition) is 5. The summed E-state index contributed by atoms with van der Waals surface area (Å²) in [6, 6.07) is 4.74. The molecule has 1 aromatic carbocycles. The van der Waals surface area contributed by atoms with E-state index in [1.807, 2.05) is 4.57 Å². The summed E-state index contributed by atoms with van der Waals surface area (Å²) in [5, 5.41) is 3.40. The number of fused-ring (bicyclic) bond motifs is 2. The average molecular weight is 407 g/mol. The van der Waals surface area contributed by atoms with E-state index in [-0.39, 0.29) is 5.82 Å². The predicted octanol–water partition coefficient (Wildman–Crippen LogP) is 3.00. The summed E-state index contributed by atoms with van der Waals surface area (Å²) < 4.78 is 15.8. The maximum absolute atomic E-state index is 13.9. The van der Waals surface area contributed by atoms with Crippen LogP contribution in [-0.2, 0) is 25.8 Å². The topological polar surface area (TPSA) is 81.7 Å². The Hall–Kier alpha value is -2.98. The minimum absolute atomic E-state index is 0.0592. The number of aromatic nitrogens is 4. The Morgan fingerprint density at radius 3 is 2.73 bits per heavy atom. The normalized spacial score (nSPS) is 13.2. The van der Waals surface area contributed by atoms with Gasteiger partial charge in [-0.25, -0.2) is 4.98 Å². The first kappa shape index (κ1) is 20.3. The van der Waals surface area contributed by atoms with Gasteiger partial charge < -0.3 is 15.6 Å². The van der Waals surface area contributed by atoms with E-state index in [1.54, 1.807) is 0 Å². The fraction of sp³-hybridized carbons (Fsp3) is 0.435.